The van der Waals surface area contributed by atoms with Gasteiger partial charge in [0.2, 0.25) is 5.91 Å². The fourth-order valence-electron chi connectivity index (χ4n) is 2.74. The highest BCUT2D eigenvalue weighted by molar-refractivity contribution is 5.81. The van der Waals surface area contributed by atoms with Gasteiger partial charge in [-0.2, -0.15) is 0 Å². The number of rotatable bonds is 4. The first-order valence-corrected chi connectivity index (χ1v) is 7.21. The number of carbonyl (C=O) groups excluding carboxylic acids is 1. The molecule has 0 saturated carbocycles. The van der Waals surface area contributed by atoms with Crippen molar-refractivity contribution in [2.75, 3.05) is 32.8 Å². The molecule has 2 saturated heterocycles. The van der Waals surface area contributed by atoms with Crippen molar-refractivity contribution in [3.8, 4) is 0 Å². The summed E-state index contributed by atoms with van der Waals surface area (Å²) < 4.78 is 5.40. The van der Waals surface area contributed by atoms with E-state index in [-0.39, 0.29) is 17.4 Å². The Morgan fingerprint density at radius 2 is 1.94 bits per heavy atom. The van der Waals surface area contributed by atoms with Crippen molar-refractivity contribution in [2.45, 2.75) is 45.6 Å². The molecule has 0 radical (unpaired) electrons. The molecule has 104 valence electrons. The molecule has 2 aliphatic heterocycles. The number of hydrogen-bond donors (Lipinski definition) is 1. The van der Waals surface area contributed by atoms with Crippen LogP contribution in [-0.4, -0.2) is 49.7 Å². The first-order valence-electron chi connectivity index (χ1n) is 7.21. The van der Waals surface area contributed by atoms with Crippen LogP contribution in [0.15, 0.2) is 0 Å². The second-order valence-corrected chi connectivity index (χ2v) is 6.06. The Bertz CT molecular complexity index is 282. The minimum absolute atomic E-state index is 0.0530. The molecule has 1 unspecified atom stereocenters. The molecule has 4 heteroatoms. The average molecular weight is 254 g/mol. The molecule has 1 amide bonds. The van der Waals surface area contributed by atoms with Crippen LogP contribution in [0.2, 0.25) is 0 Å². The van der Waals surface area contributed by atoms with Crippen molar-refractivity contribution in [3.05, 3.63) is 0 Å². The third kappa shape index (κ3) is 3.45. The lowest BCUT2D eigenvalue weighted by molar-refractivity contribution is -0.132. The van der Waals surface area contributed by atoms with E-state index < -0.39 is 0 Å². The van der Waals surface area contributed by atoms with Crippen LogP contribution >= 0.6 is 0 Å². The Morgan fingerprint density at radius 1 is 1.33 bits per heavy atom. The molecule has 0 aromatic rings. The van der Waals surface area contributed by atoms with E-state index in [9.17, 15) is 4.79 Å². The minimum atomic E-state index is -0.0530. The molecule has 0 spiro atoms. The Hall–Kier alpha value is -0.610. The number of ether oxygens (including phenoxy) is 1. The molecule has 1 N–H and O–H groups in total. The largest absolute Gasteiger partial charge is 0.381 e. The van der Waals surface area contributed by atoms with E-state index in [0.717, 1.165) is 58.5 Å². The Balaban J connectivity index is 1.76. The fourth-order valence-corrected chi connectivity index (χ4v) is 2.74. The first-order chi connectivity index (χ1) is 8.61. The van der Waals surface area contributed by atoms with Crippen LogP contribution in [0.25, 0.3) is 0 Å². The second-order valence-electron chi connectivity index (χ2n) is 6.06. The first kappa shape index (κ1) is 13.8. The van der Waals surface area contributed by atoms with Crippen molar-refractivity contribution >= 4 is 5.91 Å². The number of likely N-dealkylation sites (tertiary alicyclic amines) is 1. The zero-order valence-electron chi connectivity index (χ0n) is 11.7. The number of amides is 1. The quantitative estimate of drug-likeness (QED) is 0.824. The van der Waals surface area contributed by atoms with Gasteiger partial charge in [0, 0.05) is 32.8 Å². The van der Waals surface area contributed by atoms with Gasteiger partial charge in [-0.25, -0.2) is 0 Å². The van der Waals surface area contributed by atoms with Crippen molar-refractivity contribution in [3.63, 3.8) is 0 Å². The van der Waals surface area contributed by atoms with E-state index in [1.54, 1.807) is 0 Å². The summed E-state index contributed by atoms with van der Waals surface area (Å²) in [6.07, 6.45) is 4.50. The maximum absolute atomic E-state index is 12.2. The molecule has 18 heavy (non-hydrogen) atoms. The summed E-state index contributed by atoms with van der Waals surface area (Å²) in [5.41, 5.74) is 0.289. The lowest BCUT2D eigenvalue weighted by Gasteiger charge is -2.35. The van der Waals surface area contributed by atoms with Gasteiger partial charge in [-0.05, 0) is 38.0 Å². The molecule has 4 nitrogen and oxygen atoms in total. The SMILES string of the molecule is CC(NCC1(C)CCOCC1)C(=O)N1CCCC1. The fraction of sp³-hybridized carbons (Fsp3) is 0.929. The molecule has 0 aromatic heterocycles. The number of nitrogens with one attached hydrogen (secondary N) is 1. The summed E-state index contributed by atoms with van der Waals surface area (Å²) in [6.45, 7) is 8.78. The highest BCUT2D eigenvalue weighted by Crippen LogP contribution is 2.28. The van der Waals surface area contributed by atoms with Gasteiger partial charge in [-0.3, -0.25) is 4.79 Å². The van der Waals surface area contributed by atoms with Crippen molar-refractivity contribution in [1.29, 1.82) is 0 Å². The molecule has 2 aliphatic rings. The summed E-state index contributed by atoms with van der Waals surface area (Å²) in [7, 11) is 0. The lowest BCUT2D eigenvalue weighted by Crippen LogP contribution is -2.47. The van der Waals surface area contributed by atoms with Gasteiger partial charge in [0.05, 0.1) is 6.04 Å². The molecular formula is C14H26N2O2. The van der Waals surface area contributed by atoms with Gasteiger partial charge in [0.1, 0.15) is 0 Å². The second kappa shape index (κ2) is 6.02. The molecule has 0 aromatic carbocycles. The zero-order chi connectivity index (χ0) is 13.0. The molecule has 2 fully saturated rings. The Morgan fingerprint density at radius 3 is 2.56 bits per heavy atom. The van der Waals surface area contributed by atoms with Crippen LogP contribution < -0.4 is 5.32 Å². The molecule has 0 aliphatic carbocycles. The summed E-state index contributed by atoms with van der Waals surface area (Å²) >= 11 is 0. The smallest absolute Gasteiger partial charge is 0.239 e. The van der Waals surface area contributed by atoms with E-state index in [0.29, 0.717) is 0 Å². The highest BCUT2D eigenvalue weighted by atomic mass is 16.5. The van der Waals surface area contributed by atoms with Crippen LogP contribution in [0, 0.1) is 5.41 Å². The van der Waals surface area contributed by atoms with Crippen LogP contribution in [0.1, 0.15) is 39.5 Å². The van der Waals surface area contributed by atoms with Crippen LogP contribution in [0.5, 0.6) is 0 Å². The predicted molar refractivity (Wildman–Crippen MR) is 71.4 cm³/mol. The van der Waals surface area contributed by atoms with Gasteiger partial charge in [0.15, 0.2) is 0 Å². The maximum Gasteiger partial charge on any atom is 0.239 e. The topological polar surface area (TPSA) is 41.6 Å². The van der Waals surface area contributed by atoms with E-state index in [2.05, 4.69) is 12.2 Å². The minimum Gasteiger partial charge on any atom is -0.381 e. The third-order valence-corrected chi connectivity index (χ3v) is 4.32. The molecular weight excluding hydrogens is 228 g/mol. The van der Waals surface area contributed by atoms with E-state index in [1.807, 2.05) is 11.8 Å². The molecule has 2 heterocycles. The van der Waals surface area contributed by atoms with Gasteiger partial charge < -0.3 is 15.0 Å². The highest BCUT2D eigenvalue weighted by Gasteiger charge is 2.29. The van der Waals surface area contributed by atoms with Crippen molar-refractivity contribution < 1.29 is 9.53 Å². The third-order valence-electron chi connectivity index (χ3n) is 4.32. The maximum atomic E-state index is 12.2. The lowest BCUT2D eigenvalue weighted by atomic mass is 9.82. The summed E-state index contributed by atoms with van der Waals surface area (Å²) in [5, 5.41) is 3.42. The molecule has 0 bridgehead atoms. The monoisotopic (exact) mass is 254 g/mol. The Labute approximate surface area is 110 Å². The van der Waals surface area contributed by atoms with Gasteiger partial charge in [-0.1, -0.05) is 6.92 Å². The predicted octanol–water partition coefficient (Wildman–Crippen LogP) is 1.40. The average Bonchev–Trinajstić information content (AvgIpc) is 2.90. The number of hydrogen-bond acceptors (Lipinski definition) is 3. The summed E-state index contributed by atoms with van der Waals surface area (Å²) in [5.74, 6) is 0.267. The number of nitrogens with zero attached hydrogens (tertiary/aromatic N) is 1. The van der Waals surface area contributed by atoms with Gasteiger partial charge >= 0.3 is 0 Å². The van der Waals surface area contributed by atoms with Crippen LogP contribution in [0.4, 0.5) is 0 Å². The van der Waals surface area contributed by atoms with Gasteiger partial charge in [-0.15, -0.1) is 0 Å². The standard InChI is InChI=1S/C14H26N2O2/c1-12(13(17)16-7-3-4-8-16)15-11-14(2)5-9-18-10-6-14/h12,15H,3-11H2,1-2H3. The number of carbonyl (C=O) groups is 1. The normalized spacial score (nSPS) is 25.1. The summed E-state index contributed by atoms with van der Waals surface area (Å²) in [4.78, 5) is 14.2. The van der Waals surface area contributed by atoms with Crippen molar-refractivity contribution in [1.82, 2.24) is 10.2 Å². The Kier molecular flexibility index (Phi) is 4.62. The van der Waals surface area contributed by atoms with Crippen LogP contribution in [0.3, 0.4) is 0 Å². The van der Waals surface area contributed by atoms with E-state index in [4.69, 9.17) is 4.74 Å². The zero-order valence-corrected chi connectivity index (χ0v) is 11.7. The molecule has 1 atom stereocenters. The van der Waals surface area contributed by atoms with Gasteiger partial charge in [0.25, 0.3) is 0 Å². The van der Waals surface area contributed by atoms with E-state index >= 15 is 0 Å². The molecule has 2 rings (SSSR count). The van der Waals surface area contributed by atoms with Crippen molar-refractivity contribution in [2.24, 2.45) is 5.41 Å². The van der Waals surface area contributed by atoms with Crippen LogP contribution in [-0.2, 0) is 9.53 Å². The summed E-state index contributed by atoms with van der Waals surface area (Å²) in [6, 6.07) is -0.0530. The van der Waals surface area contributed by atoms with E-state index in [1.165, 1.54) is 0 Å².